The summed E-state index contributed by atoms with van der Waals surface area (Å²) in [7, 11) is 0. The third kappa shape index (κ3) is 15.3. The summed E-state index contributed by atoms with van der Waals surface area (Å²) in [6.07, 6.45) is 0. The van der Waals surface area contributed by atoms with E-state index >= 15 is 0 Å². The molecule has 5 heterocycles. The maximum absolute atomic E-state index is 9.17. The van der Waals surface area contributed by atoms with Gasteiger partial charge in [-0.3, -0.25) is 4.40 Å². The molecule has 638 valence electrons. The standard InChI is InChI=1S/C48H32N2.C41H25N5.C39H24N2/c1-3-12-33(13-4-1)35-22-26-39(27-23-35)49-45-20-9-7-18-41(45)43-31-37(24-28-47(43)49)38-25-29-48-44(32-38)42-19-8-10-21-46(42)50(48)40-17-11-16-36(30-40)34-14-5-2-6-15-34;1-43-38-22-20-32(21-23-38)36-24-35(31-18-16-30(17-19-31)29-14-12-28(27-42)13-15-29)25-37(26-36)41-45-39(33-8-4-2-5-9-33)44-40(46-41)34-10-6-3-7-11-34;1-2-10-25(11-3-1)28-22-23-29(32-15-7-6-14-31(28)32)27-19-20-33-34-21-18-26-12-4-5-13-30(26)38(34)39-40-35-16-8-9-17-36(35)41(39)37(33)24-27/h1-32H;2-26H;1-24H/i;;1D,2D,3D,10D,11D. The van der Waals surface area contributed by atoms with E-state index in [1.807, 2.05) is 158 Å². The van der Waals surface area contributed by atoms with Crippen molar-refractivity contribution in [1.29, 1.82) is 5.26 Å². The zero-order valence-electron chi connectivity index (χ0n) is 78.9. The van der Waals surface area contributed by atoms with Crippen LogP contribution in [0.3, 0.4) is 0 Å². The van der Waals surface area contributed by atoms with Crippen LogP contribution in [0.15, 0.2) is 491 Å². The minimum absolute atomic E-state index is 0.205. The molecule has 21 aromatic carbocycles. The average molecular weight is 1750 g/mol. The molecule has 0 aliphatic heterocycles. The smallest absolute Gasteiger partial charge is 0.187 e. The van der Waals surface area contributed by atoms with Crippen molar-refractivity contribution >= 4 is 109 Å². The second kappa shape index (κ2) is 35.1. The molecule has 26 aromatic rings. The molecule has 26 rings (SSSR count). The highest BCUT2D eigenvalue weighted by molar-refractivity contribution is 6.24. The van der Waals surface area contributed by atoms with Crippen molar-refractivity contribution in [1.82, 2.24) is 33.5 Å². The zero-order chi connectivity index (χ0) is 95.6. The summed E-state index contributed by atoms with van der Waals surface area (Å²) in [4.78, 5) is 23.5. The topological polar surface area (TPSA) is 94.0 Å². The molecule has 0 spiro atoms. The Morgan fingerprint density at radius 3 is 1.22 bits per heavy atom. The number of rotatable bonds is 13. The lowest BCUT2D eigenvalue weighted by Crippen LogP contribution is -2.00. The van der Waals surface area contributed by atoms with E-state index in [1.165, 1.54) is 87.8 Å². The quantitative estimate of drug-likeness (QED) is 0.0847. The first-order chi connectivity index (χ1) is 69.9. The molecule has 9 heteroatoms. The fraction of sp³-hybridized carbons (Fsp3) is 0. The van der Waals surface area contributed by atoms with E-state index in [9.17, 15) is 0 Å². The normalized spacial score (nSPS) is 11.9. The van der Waals surface area contributed by atoms with Crippen molar-refractivity contribution in [2.45, 2.75) is 0 Å². The van der Waals surface area contributed by atoms with Gasteiger partial charge >= 0.3 is 0 Å². The molecule has 0 radical (unpaired) electrons. The summed E-state index contributed by atoms with van der Waals surface area (Å²) in [5.41, 5.74) is 31.3. The van der Waals surface area contributed by atoms with Gasteiger partial charge in [-0.05, 0) is 225 Å². The summed E-state index contributed by atoms with van der Waals surface area (Å²) in [6, 6.07) is 160. The number of para-hydroxylation sites is 4. The number of imidazole rings is 1. The minimum Gasteiger partial charge on any atom is -0.309 e. The average Bonchev–Trinajstić information content (AvgIpc) is 1.51. The van der Waals surface area contributed by atoms with E-state index in [2.05, 4.69) is 328 Å². The van der Waals surface area contributed by atoms with Crippen molar-refractivity contribution in [3.05, 3.63) is 508 Å². The van der Waals surface area contributed by atoms with E-state index in [0.29, 0.717) is 34.3 Å². The molecule has 9 nitrogen and oxygen atoms in total. The molecular formula is C128H81N9. The predicted octanol–water partition coefficient (Wildman–Crippen LogP) is 33.6. The van der Waals surface area contributed by atoms with Crippen molar-refractivity contribution in [3.63, 3.8) is 0 Å². The maximum Gasteiger partial charge on any atom is 0.187 e. The molecular weight excluding hydrogens is 1660 g/mol. The molecule has 0 fully saturated rings. The summed E-state index contributed by atoms with van der Waals surface area (Å²) >= 11 is 0. The Bertz CT molecular complexity index is 9510. The molecule has 0 unspecified atom stereocenters. The predicted molar refractivity (Wildman–Crippen MR) is 568 cm³/mol. The molecule has 0 bridgehead atoms. The molecule has 0 aliphatic rings. The van der Waals surface area contributed by atoms with Crippen LogP contribution in [0.1, 0.15) is 12.4 Å². The SMILES string of the molecule is [2H]c1c([2H])c([2H])c(-c2ccc(-c3ccc4c5ccc6ccccc6c5c5nc6ccccc6n5c4c3)c3ccccc23)c([2H])c1[2H].[C-]#[N+]c1ccc(-c2cc(-c3ccc(-c4ccc(C#N)cc4)cc3)cc(-c3nc(-c4ccccc4)nc(-c4ccccc4)n3)c2)cc1.c1ccc(-c2ccc(-n3c4ccccc4c4cc(-c5ccc6c(c5)c5ccccc5n6-c5cccc(-c6ccccc6)c5)ccc43)cc2)cc1. The first kappa shape index (κ1) is 76.0. The Morgan fingerprint density at radius 1 is 0.248 bits per heavy atom. The van der Waals surface area contributed by atoms with Gasteiger partial charge in [0.25, 0.3) is 0 Å². The van der Waals surface area contributed by atoms with E-state index in [-0.39, 0.29) is 29.7 Å². The highest BCUT2D eigenvalue weighted by atomic mass is 15.0. The van der Waals surface area contributed by atoms with Gasteiger partial charge in [0.2, 0.25) is 0 Å². The lowest BCUT2D eigenvalue weighted by molar-refractivity contribution is 1.07. The minimum atomic E-state index is -0.394. The number of benzene rings is 21. The number of pyridine rings is 1. The Morgan fingerprint density at radius 2 is 0.650 bits per heavy atom. The number of hydrogen-bond acceptors (Lipinski definition) is 5. The van der Waals surface area contributed by atoms with Gasteiger partial charge in [0.05, 0.1) is 63.7 Å². The van der Waals surface area contributed by atoms with Crippen molar-refractivity contribution in [2.75, 3.05) is 0 Å². The Kier molecular flexibility index (Phi) is 19.5. The van der Waals surface area contributed by atoms with Crippen LogP contribution in [-0.4, -0.2) is 33.5 Å². The van der Waals surface area contributed by atoms with Crippen LogP contribution in [0.25, 0.3) is 243 Å². The molecule has 0 N–H and O–H groups in total. The van der Waals surface area contributed by atoms with Gasteiger partial charge in [0, 0.05) is 60.4 Å². The third-order valence-corrected chi connectivity index (χ3v) is 26.2. The number of nitrogens with zero attached hydrogens (tertiary/aromatic N) is 9. The highest BCUT2D eigenvalue weighted by Gasteiger charge is 2.23. The van der Waals surface area contributed by atoms with Crippen LogP contribution >= 0.6 is 0 Å². The van der Waals surface area contributed by atoms with Gasteiger partial charge in [-0.2, -0.15) is 5.26 Å². The maximum atomic E-state index is 9.17. The molecule has 0 atom stereocenters. The first-order valence-corrected chi connectivity index (χ1v) is 45.6. The first-order valence-electron chi connectivity index (χ1n) is 48.1. The monoisotopic (exact) mass is 1750 g/mol. The summed E-state index contributed by atoms with van der Waals surface area (Å²) in [5.74, 6) is 1.77. The van der Waals surface area contributed by atoms with Crippen molar-refractivity contribution < 1.29 is 6.85 Å². The Labute approximate surface area is 798 Å². The lowest BCUT2D eigenvalue weighted by Gasteiger charge is -2.15. The van der Waals surface area contributed by atoms with Crippen LogP contribution in [0.2, 0.25) is 0 Å². The number of fused-ring (bicyclic) bond motifs is 17. The zero-order valence-corrected chi connectivity index (χ0v) is 73.9. The second-order valence-electron chi connectivity index (χ2n) is 34.2. The Balaban J connectivity index is 0.000000115. The Hall–Kier alpha value is -18.8. The van der Waals surface area contributed by atoms with E-state index in [4.69, 9.17) is 38.6 Å². The molecule has 5 aromatic heterocycles. The molecule has 0 amide bonds. The summed E-state index contributed by atoms with van der Waals surface area (Å²) in [6.45, 7) is 7.38. The number of aromatic nitrogens is 7. The molecule has 137 heavy (non-hydrogen) atoms. The van der Waals surface area contributed by atoms with Gasteiger partial charge in [-0.15, -0.1) is 0 Å². The number of nitriles is 1. The lowest BCUT2D eigenvalue weighted by atomic mass is 9.91. The molecule has 0 saturated carbocycles. The van der Waals surface area contributed by atoms with E-state index < -0.39 is 6.04 Å². The van der Waals surface area contributed by atoms with Gasteiger partial charge < -0.3 is 9.13 Å². The largest absolute Gasteiger partial charge is 0.309 e. The van der Waals surface area contributed by atoms with Crippen LogP contribution in [0, 0.1) is 17.9 Å². The van der Waals surface area contributed by atoms with Crippen LogP contribution in [-0.2, 0) is 0 Å². The van der Waals surface area contributed by atoms with Gasteiger partial charge in [-0.25, -0.2) is 24.8 Å². The third-order valence-electron chi connectivity index (χ3n) is 26.2. The van der Waals surface area contributed by atoms with Crippen molar-refractivity contribution in [3.8, 4) is 141 Å². The fourth-order valence-electron chi connectivity index (χ4n) is 19.5. The summed E-state index contributed by atoms with van der Waals surface area (Å²) < 4.78 is 48.8. The second-order valence-corrected chi connectivity index (χ2v) is 34.2. The summed E-state index contributed by atoms with van der Waals surface area (Å²) in [5, 5.41) is 21.7. The fourth-order valence-corrected chi connectivity index (χ4v) is 19.5. The van der Waals surface area contributed by atoms with Gasteiger partial charge in [0.15, 0.2) is 23.2 Å². The molecule has 0 saturated heterocycles. The van der Waals surface area contributed by atoms with Crippen LogP contribution < -0.4 is 0 Å². The number of hydrogen-bond donors (Lipinski definition) is 0. The molecule has 0 aliphatic carbocycles. The van der Waals surface area contributed by atoms with Gasteiger partial charge in [0.1, 0.15) is 5.65 Å². The highest BCUT2D eigenvalue weighted by Crippen LogP contribution is 2.45. The van der Waals surface area contributed by atoms with E-state index in [1.54, 1.807) is 0 Å². The van der Waals surface area contributed by atoms with Crippen LogP contribution in [0.4, 0.5) is 5.69 Å². The van der Waals surface area contributed by atoms with E-state index in [0.717, 1.165) is 122 Å². The van der Waals surface area contributed by atoms with Gasteiger partial charge in [-0.1, -0.05) is 382 Å². The van der Waals surface area contributed by atoms with Crippen LogP contribution in [0.5, 0.6) is 0 Å². The van der Waals surface area contributed by atoms with Crippen molar-refractivity contribution in [2.24, 2.45) is 0 Å².